The minimum absolute atomic E-state index is 0.343. The van der Waals surface area contributed by atoms with E-state index in [1.807, 2.05) is 25.1 Å². The lowest BCUT2D eigenvalue weighted by molar-refractivity contribution is 0.0601. The summed E-state index contributed by atoms with van der Waals surface area (Å²) in [7, 11) is 1.38. The van der Waals surface area contributed by atoms with Crippen LogP contribution >= 0.6 is 0 Å². The fraction of sp³-hybridized carbons (Fsp3) is 0.450. The third-order valence-electron chi connectivity index (χ3n) is 4.62. The van der Waals surface area contributed by atoms with Gasteiger partial charge in [-0.15, -0.1) is 0 Å². The van der Waals surface area contributed by atoms with E-state index < -0.39 is 0 Å². The lowest BCUT2D eigenvalue weighted by Crippen LogP contribution is -2.19. The summed E-state index contributed by atoms with van der Waals surface area (Å²) in [4.78, 5) is 20.5. The number of ether oxygens (including phenoxy) is 1. The highest BCUT2D eigenvalue weighted by molar-refractivity contribution is 5.89. The standard InChI is InChI=1S/C20H26N4O2/c1-14-21-18(23-16-7-5-3-4-6-8-16)13-19(22-14)24-17-11-9-15(10-12-17)20(25)26-2/h9-13,16H,3-8H2,1-2H3,(H2,21,22,23,24). The Hall–Kier alpha value is -2.63. The molecule has 3 rings (SSSR count). The van der Waals surface area contributed by atoms with Crippen LogP contribution in [0.4, 0.5) is 17.3 Å². The molecular formula is C20H26N4O2. The summed E-state index contributed by atoms with van der Waals surface area (Å²) in [6, 6.07) is 9.55. The highest BCUT2D eigenvalue weighted by Gasteiger charge is 2.13. The summed E-state index contributed by atoms with van der Waals surface area (Å²) in [5.41, 5.74) is 1.38. The molecule has 1 heterocycles. The second-order valence-corrected chi connectivity index (χ2v) is 6.71. The zero-order valence-corrected chi connectivity index (χ0v) is 15.4. The molecule has 138 valence electrons. The van der Waals surface area contributed by atoms with Crippen LogP contribution in [0.15, 0.2) is 30.3 Å². The third kappa shape index (κ3) is 4.94. The quantitative estimate of drug-likeness (QED) is 0.610. The predicted molar refractivity (Wildman–Crippen MR) is 103 cm³/mol. The number of anilines is 3. The van der Waals surface area contributed by atoms with Crippen molar-refractivity contribution in [3.63, 3.8) is 0 Å². The van der Waals surface area contributed by atoms with Gasteiger partial charge >= 0.3 is 5.97 Å². The Kier molecular flexibility index (Phi) is 6.04. The molecule has 2 aromatic rings. The molecule has 0 unspecified atom stereocenters. The maximum absolute atomic E-state index is 11.5. The second kappa shape index (κ2) is 8.65. The van der Waals surface area contributed by atoms with Gasteiger partial charge in [0.25, 0.3) is 0 Å². The van der Waals surface area contributed by atoms with Crippen molar-refractivity contribution in [1.82, 2.24) is 9.97 Å². The second-order valence-electron chi connectivity index (χ2n) is 6.71. The number of nitrogens with zero attached hydrogens (tertiary/aromatic N) is 2. The molecule has 1 fully saturated rings. The van der Waals surface area contributed by atoms with E-state index in [9.17, 15) is 4.79 Å². The number of carbonyl (C=O) groups is 1. The van der Waals surface area contributed by atoms with Gasteiger partial charge in [-0.2, -0.15) is 0 Å². The number of hydrogen-bond acceptors (Lipinski definition) is 6. The van der Waals surface area contributed by atoms with E-state index in [0.717, 1.165) is 23.1 Å². The average Bonchev–Trinajstić information content (AvgIpc) is 2.90. The Morgan fingerprint density at radius 3 is 2.35 bits per heavy atom. The van der Waals surface area contributed by atoms with Crippen molar-refractivity contribution in [3.8, 4) is 0 Å². The SMILES string of the molecule is COC(=O)c1ccc(Nc2cc(NC3CCCCCC3)nc(C)n2)cc1. The number of carbonyl (C=O) groups excluding carboxylic acids is 1. The molecule has 2 N–H and O–H groups in total. The fourth-order valence-electron chi connectivity index (χ4n) is 3.29. The minimum atomic E-state index is -0.343. The monoisotopic (exact) mass is 354 g/mol. The van der Waals surface area contributed by atoms with E-state index in [1.165, 1.54) is 45.6 Å². The van der Waals surface area contributed by atoms with Crippen molar-refractivity contribution in [2.75, 3.05) is 17.7 Å². The molecule has 6 nitrogen and oxygen atoms in total. The van der Waals surface area contributed by atoms with Gasteiger partial charge in [0.1, 0.15) is 17.5 Å². The van der Waals surface area contributed by atoms with Crippen LogP contribution < -0.4 is 10.6 Å². The number of methoxy groups -OCH3 is 1. The van der Waals surface area contributed by atoms with E-state index in [-0.39, 0.29) is 5.97 Å². The molecule has 26 heavy (non-hydrogen) atoms. The van der Waals surface area contributed by atoms with Crippen molar-refractivity contribution in [1.29, 1.82) is 0 Å². The van der Waals surface area contributed by atoms with Crippen molar-refractivity contribution >= 4 is 23.3 Å². The van der Waals surface area contributed by atoms with Crippen molar-refractivity contribution in [2.24, 2.45) is 0 Å². The highest BCUT2D eigenvalue weighted by Crippen LogP contribution is 2.23. The molecule has 1 aliphatic rings. The average molecular weight is 354 g/mol. The van der Waals surface area contributed by atoms with Crippen LogP contribution in [-0.2, 0) is 4.74 Å². The molecule has 0 spiro atoms. The zero-order chi connectivity index (χ0) is 18.4. The van der Waals surface area contributed by atoms with Gasteiger partial charge in [0.05, 0.1) is 12.7 Å². The van der Waals surface area contributed by atoms with Crippen molar-refractivity contribution < 1.29 is 9.53 Å². The predicted octanol–water partition coefficient (Wildman–Crippen LogP) is 4.45. The van der Waals surface area contributed by atoms with E-state index in [4.69, 9.17) is 4.74 Å². The minimum Gasteiger partial charge on any atom is -0.465 e. The number of rotatable bonds is 5. The molecule has 6 heteroatoms. The molecule has 1 aliphatic carbocycles. The first kappa shape index (κ1) is 18.2. The third-order valence-corrected chi connectivity index (χ3v) is 4.62. The summed E-state index contributed by atoms with van der Waals surface area (Å²) < 4.78 is 4.72. The van der Waals surface area contributed by atoms with E-state index in [2.05, 4.69) is 20.6 Å². The summed E-state index contributed by atoms with van der Waals surface area (Å²) in [5, 5.41) is 6.84. The van der Waals surface area contributed by atoms with E-state index in [0.29, 0.717) is 11.6 Å². The molecule has 1 aromatic carbocycles. The fourth-order valence-corrected chi connectivity index (χ4v) is 3.29. The van der Waals surface area contributed by atoms with Gasteiger partial charge in [-0.25, -0.2) is 14.8 Å². The number of aromatic nitrogens is 2. The van der Waals surface area contributed by atoms with E-state index in [1.54, 1.807) is 12.1 Å². The Morgan fingerprint density at radius 2 is 1.69 bits per heavy atom. The Morgan fingerprint density at radius 1 is 1.04 bits per heavy atom. The molecule has 0 amide bonds. The molecular weight excluding hydrogens is 328 g/mol. The van der Waals surface area contributed by atoms with Crippen LogP contribution in [0.25, 0.3) is 0 Å². The first-order valence-electron chi connectivity index (χ1n) is 9.21. The summed E-state index contributed by atoms with van der Waals surface area (Å²) in [5.74, 6) is 1.97. The topological polar surface area (TPSA) is 76.1 Å². The van der Waals surface area contributed by atoms with Crippen molar-refractivity contribution in [3.05, 3.63) is 41.7 Å². The number of hydrogen-bond donors (Lipinski definition) is 2. The molecule has 0 radical (unpaired) electrons. The molecule has 0 aliphatic heterocycles. The Labute approximate surface area is 154 Å². The molecule has 0 bridgehead atoms. The lowest BCUT2D eigenvalue weighted by Gasteiger charge is -2.18. The molecule has 1 saturated carbocycles. The largest absolute Gasteiger partial charge is 0.465 e. The lowest BCUT2D eigenvalue weighted by atomic mass is 10.1. The van der Waals surface area contributed by atoms with Gasteiger partial charge in [-0.3, -0.25) is 0 Å². The zero-order valence-electron chi connectivity index (χ0n) is 15.4. The van der Waals surface area contributed by atoms with Gasteiger partial charge in [-0.05, 0) is 44.0 Å². The van der Waals surface area contributed by atoms with Crippen LogP contribution in [0.2, 0.25) is 0 Å². The maximum atomic E-state index is 11.5. The summed E-state index contributed by atoms with van der Waals surface area (Å²) in [6.07, 6.45) is 7.60. The summed E-state index contributed by atoms with van der Waals surface area (Å²) in [6.45, 7) is 1.89. The number of esters is 1. The van der Waals surface area contributed by atoms with Gasteiger partial charge in [-0.1, -0.05) is 25.7 Å². The first-order chi connectivity index (χ1) is 12.6. The van der Waals surface area contributed by atoms with Crippen LogP contribution in [-0.4, -0.2) is 29.1 Å². The number of benzene rings is 1. The van der Waals surface area contributed by atoms with Gasteiger partial charge in [0.2, 0.25) is 0 Å². The molecule has 0 atom stereocenters. The Bertz CT molecular complexity index is 738. The van der Waals surface area contributed by atoms with Crippen LogP contribution in [0.5, 0.6) is 0 Å². The summed E-state index contributed by atoms with van der Waals surface area (Å²) >= 11 is 0. The van der Waals surface area contributed by atoms with Crippen LogP contribution in [0.1, 0.15) is 54.7 Å². The van der Waals surface area contributed by atoms with Gasteiger partial charge < -0.3 is 15.4 Å². The van der Waals surface area contributed by atoms with Crippen LogP contribution in [0, 0.1) is 6.92 Å². The van der Waals surface area contributed by atoms with Crippen LogP contribution in [0.3, 0.4) is 0 Å². The number of nitrogens with one attached hydrogen (secondary N) is 2. The van der Waals surface area contributed by atoms with Gasteiger partial charge in [0, 0.05) is 17.8 Å². The Balaban J connectivity index is 1.69. The molecule has 0 saturated heterocycles. The van der Waals surface area contributed by atoms with Crippen molar-refractivity contribution in [2.45, 2.75) is 51.5 Å². The van der Waals surface area contributed by atoms with Gasteiger partial charge in [0.15, 0.2) is 0 Å². The maximum Gasteiger partial charge on any atom is 0.337 e. The smallest absolute Gasteiger partial charge is 0.337 e. The highest BCUT2D eigenvalue weighted by atomic mass is 16.5. The first-order valence-corrected chi connectivity index (χ1v) is 9.21. The number of aryl methyl sites for hydroxylation is 1. The van der Waals surface area contributed by atoms with E-state index >= 15 is 0 Å². The normalized spacial score (nSPS) is 15.2. The molecule has 1 aromatic heterocycles.